The predicted molar refractivity (Wildman–Crippen MR) is 185 cm³/mol. The Morgan fingerprint density at radius 1 is 1.04 bits per heavy atom. The second kappa shape index (κ2) is 14.1. The molecule has 6 rings (SSSR count). The van der Waals surface area contributed by atoms with Crippen LogP contribution in [0.4, 0.5) is 5.69 Å². The van der Waals surface area contributed by atoms with E-state index < -0.39 is 26.8 Å². The molecule has 0 saturated heterocycles. The average molecular weight is 680 g/mol. The number of ether oxygens (including phenoxy) is 1. The van der Waals surface area contributed by atoms with Gasteiger partial charge in [-0.1, -0.05) is 37.1 Å². The number of fused-ring (bicyclic) bond motifs is 3. The van der Waals surface area contributed by atoms with Crippen LogP contribution in [-0.2, 0) is 29.5 Å². The first kappa shape index (κ1) is 33.7. The van der Waals surface area contributed by atoms with Gasteiger partial charge in [0.2, 0.25) is 10.0 Å². The number of aryl methyl sites for hydroxylation is 1. The number of pyridine rings is 1. The van der Waals surface area contributed by atoms with Crippen molar-refractivity contribution in [3.63, 3.8) is 0 Å². The van der Waals surface area contributed by atoms with Gasteiger partial charge in [0.15, 0.2) is 0 Å². The Morgan fingerprint density at radius 2 is 1.89 bits per heavy atom. The van der Waals surface area contributed by atoms with Gasteiger partial charge in [-0.15, -0.1) is 0 Å². The van der Waals surface area contributed by atoms with Crippen molar-refractivity contribution in [1.29, 1.82) is 0 Å². The molecule has 0 spiro atoms. The van der Waals surface area contributed by atoms with Crippen LogP contribution in [0.1, 0.15) is 86.0 Å². The van der Waals surface area contributed by atoms with Crippen molar-refractivity contribution in [2.24, 2.45) is 17.8 Å². The minimum atomic E-state index is -3.95. The second-order valence-corrected chi connectivity index (χ2v) is 16.4. The van der Waals surface area contributed by atoms with Crippen molar-refractivity contribution in [1.82, 2.24) is 9.71 Å². The Labute approximate surface area is 283 Å². The van der Waals surface area contributed by atoms with Crippen LogP contribution >= 0.6 is 11.6 Å². The standard InChI is InChI=1S/C37H46ClN3O5S/c1-25-8-7-17-37(43,22-32-10-3-5-18-39-32)33-15-12-29(33)23-41-19-6-4-9-27-20-31(38)14-11-30(27)24-46-35-16-13-28(21-34(35)41)36(42)40-47(44,45)26(25)2/h3,5,10-11,13-14,16,18,20-21,25-26,29,33,43H,4,6-9,12,15,17,19,22-24H2,1-2H3,(H,40,42)/t25-,26+,29-,33+,37-/m0/s1. The summed E-state index contributed by atoms with van der Waals surface area (Å²) in [7, 11) is -3.95. The number of rotatable bonds is 2. The SMILES string of the molecule is C[C@@H]1[C@@H](C)CCC[C@](O)(Cc2ccccn2)[C@@H]2CC[C@H]2CN2CCCCc3cc(Cl)ccc3COc3ccc(cc32)C(=O)NS1(=O)=O. The van der Waals surface area contributed by atoms with Crippen molar-refractivity contribution in [3.8, 4) is 5.75 Å². The highest BCUT2D eigenvalue weighted by Crippen LogP contribution is 2.47. The highest BCUT2D eigenvalue weighted by Gasteiger charge is 2.47. The van der Waals surface area contributed by atoms with Crippen molar-refractivity contribution < 1.29 is 23.1 Å². The largest absolute Gasteiger partial charge is 0.487 e. The molecule has 3 aromatic rings. The molecule has 1 aromatic heterocycles. The number of aromatic nitrogens is 1. The van der Waals surface area contributed by atoms with Crippen molar-refractivity contribution in [2.45, 2.75) is 89.1 Å². The molecule has 3 heterocycles. The summed E-state index contributed by atoms with van der Waals surface area (Å²) in [4.78, 5) is 20.3. The summed E-state index contributed by atoms with van der Waals surface area (Å²) in [6, 6.07) is 16.9. The van der Waals surface area contributed by atoms with E-state index in [1.54, 1.807) is 31.3 Å². The Morgan fingerprint density at radius 3 is 2.66 bits per heavy atom. The molecule has 252 valence electrons. The first-order chi connectivity index (χ1) is 22.5. The van der Waals surface area contributed by atoms with Crippen LogP contribution in [-0.4, -0.2) is 48.4 Å². The minimum Gasteiger partial charge on any atom is -0.487 e. The molecule has 2 aliphatic heterocycles. The highest BCUT2D eigenvalue weighted by molar-refractivity contribution is 7.90. The number of nitrogens with one attached hydrogen (secondary N) is 1. The first-order valence-electron chi connectivity index (χ1n) is 17.0. The zero-order chi connectivity index (χ0) is 33.2. The van der Waals surface area contributed by atoms with E-state index in [0.29, 0.717) is 49.6 Å². The average Bonchev–Trinajstić information content (AvgIpc) is 3.05. The number of nitrogens with zero attached hydrogens (tertiary/aromatic N) is 2. The summed E-state index contributed by atoms with van der Waals surface area (Å²) in [6.45, 7) is 5.33. The molecule has 47 heavy (non-hydrogen) atoms. The van der Waals surface area contributed by atoms with E-state index in [1.165, 1.54) is 5.56 Å². The second-order valence-electron chi connectivity index (χ2n) is 13.9. The van der Waals surface area contributed by atoms with Crippen LogP contribution in [0.5, 0.6) is 5.75 Å². The van der Waals surface area contributed by atoms with Gasteiger partial charge in [-0.2, -0.15) is 0 Å². The molecule has 8 nitrogen and oxygen atoms in total. The van der Waals surface area contributed by atoms with Crippen molar-refractivity contribution in [2.75, 3.05) is 18.0 Å². The number of hydrogen-bond acceptors (Lipinski definition) is 7. The molecular formula is C37H46ClN3O5S. The fraction of sp³-hybridized carbons (Fsp3) is 0.514. The third-order valence-electron chi connectivity index (χ3n) is 10.8. The Hall–Kier alpha value is -3.14. The quantitative estimate of drug-likeness (QED) is 0.309. The molecule has 1 aliphatic carbocycles. The molecule has 1 fully saturated rings. The molecule has 2 N–H and O–H groups in total. The highest BCUT2D eigenvalue weighted by atomic mass is 35.5. The molecule has 1 saturated carbocycles. The van der Waals surface area contributed by atoms with E-state index in [4.69, 9.17) is 16.3 Å². The van der Waals surface area contributed by atoms with Crippen LogP contribution in [0.25, 0.3) is 0 Å². The van der Waals surface area contributed by atoms with E-state index in [2.05, 4.69) is 14.6 Å². The molecule has 1 amide bonds. The third kappa shape index (κ3) is 7.63. The molecule has 10 heteroatoms. The summed E-state index contributed by atoms with van der Waals surface area (Å²) in [5, 5.41) is 12.4. The minimum absolute atomic E-state index is 0.0642. The first-order valence-corrected chi connectivity index (χ1v) is 18.9. The van der Waals surface area contributed by atoms with Crippen molar-refractivity contribution >= 4 is 33.2 Å². The molecular weight excluding hydrogens is 634 g/mol. The summed E-state index contributed by atoms with van der Waals surface area (Å²) < 4.78 is 35.6. The van der Waals surface area contributed by atoms with Gasteiger partial charge in [-0.05, 0) is 123 Å². The number of halogens is 1. The van der Waals surface area contributed by atoms with Crippen LogP contribution in [0, 0.1) is 17.8 Å². The van der Waals surface area contributed by atoms with Gasteiger partial charge < -0.3 is 14.7 Å². The normalized spacial score (nSPS) is 28.3. The number of hydrogen-bond donors (Lipinski definition) is 2. The monoisotopic (exact) mass is 679 g/mol. The lowest BCUT2D eigenvalue weighted by Gasteiger charge is -2.49. The smallest absolute Gasteiger partial charge is 0.264 e. The maximum Gasteiger partial charge on any atom is 0.264 e. The number of sulfonamides is 1. The molecule has 0 radical (unpaired) electrons. The number of anilines is 1. The molecule has 2 aromatic carbocycles. The van der Waals surface area contributed by atoms with Gasteiger partial charge in [-0.25, -0.2) is 13.1 Å². The fourth-order valence-corrected chi connectivity index (χ4v) is 9.14. The number of benzene rings is 2. The summed E-state index contributed by atoms with van der Waals surface area (Å²) in [5.74, 6) is 0.0852. The number of amides is 1. The van der Waals surface area contributed by atoms with E-state index in [9.17, 15) is 18.3 Å². The summed E-state index contributed by atoms with van der Waals surface area (Å²) >= 11 is 6.35. The van der Waals surface area contributed by atoms with E-state index in [-0.39, 0.29) is 23.3 Å². The summed E-state index contributed by atoms with van der Waals surface area (Å²) in [5.41, 5.74) is 3.16. The number of carbonyl (C=O) groups is 1. The van der Waals surface area contributed by atoms with Crippen molar-refractivity contribution in [3.05, 3.63) is 88.2 Å². The number of carbonyl (C=O) groups excluding carboxylic acids is 1. The zero-order valence-electron chi connectivity index (χ0n) is 27.3. The van der Waals surface area contributed by atoms with Gasteiger partial charge in [0.25, 0.3) is 5.91 Å². The molecule has 3 aliphatic rings. The topological polar surface area (TPSA) is 109 Å². The lowest BCUT2D eigenvalue weighted by molar-refractivity contribution is -0.0885. The van der Waals surface area contributed by atoms with E-state index in [1.807, 2.05) is 43.3 Å². The van der Waals surface area contributed by atoms with Crippen LogP contribution < -0.4 is 14.4 Å². The Kier molecular flexibility index (Phi) is 10.2. The maximum atomic E-state index is 13.5. The lowest BCUT2D eigenvalue weighted by Crippen LogP contribution is -2.52. The van der Waals surface area contributed by atoms with Crippen LogP contribution in [0.3, 0.4) is 0 Å². The van der Waals surface area contributed by atoms with Crippen LogP contribution in [0.2, 0.25) is 5.02 Å². The predicted octanol–water partition coefficient (Wildman–Crippen LogP) is 6.72. The van der Waals surface area contributed by atoms with Gasteiger partial charge >= 0.3 is 0 Å². The molecule has 0 unspecified atom stereocenters. The fourth-order valence-electron chi connectivity index (χ4n) is 7.63. The van der Waals surface area contributed by atoms with Gasteiger partial charge in [0, 0.05) is 42.0 Å². The zero-order valence-corrected chi connectivity index (χ0v) is 28.9. The molecule has 5 atom stereocenters. The Balaban J connectivity index is 1.39. The van der Waals surface area contributed by atoms with E-state index in [0.717, 1.165) is 55.6 Å². The molecule has 2 bridgehead atoms. The van der Waals surface area contributed by atoms with Gasteiger partial charge in [0.05, 0.1) is 16.5 Å². The van der Waals surface area contributed by atoms with Gasteiger partial charge in [0.1, 0.15) is 12.4 Å². The Bertz CT molecular complexity index is 1690. The van der Waals surface area contributed by atoms with Crippen LogP contribution in [0.15, 0.2) is 60.8 Å². The third-order valence-corrected chi connectivity index (χ3v) is 13.0. The summed E-state index contributed by atoms with van der Waals surface area (Å²) in [6.07, 6.45) is 8.72. The van der Waals surface area contributed by atoms with E-state index >= 15 is 0 Å². The lowest BCUT2D eigenvalue weighted by atomic mass is 9.61. The number of aliphatic hydroxyl groups is 1. The van der Waals surface area contributed by atoms with Gasteiger partial charge in [-0.3, -0.25) is 9.78 Å². The maximum absolute atomic E-state index is 13.5.